The zero-order chi connectivity index (χ0) is 24.7. The summed E-state index contributed by atoms with van der Waals surface area (Å²) in [6, 6.07) is -1.20. The standard InChI is InChI=1S/C21H28F3N3O5S/c1-11-14(9-25-10-15(28)32-20(2,3)4)33-18-16(11)17(29)27(13-8-12(13)21(22,23)24)19(30)26(18)6-7-31-5/h12-13,25H,6-10H2,1-5H3. The normalized spacial score (nSPS) is 18.7. The lowest BCUT2D eigenvalue weighted by Gasteiger charge is -2.19. The predicted molar refractivity (Wildman–Crippen MR) is 118 cm³/mol. The van der Waals surface area contributed by atoms with Crippen LogP contribution in [0.4, 0.5) is 13.2 Å². The number of nitrogens with one attached hydrogen (secondary N) is 1. The topological polar surface area (TPSA) is 91.6 Å². The van der Waals surface area contributed by atoms with Crippen molar-refractivity contribution in [2.24, 2.45) is 5.92 Å². The van der Waals surface area contributed by atoms with Gasteiger partial charge in [-0.2, -0.15) is 13.2 Å². The van der Waals surface area contributed by atoms with E-state index >= 15 is 0 Å². The molecule has 1 fully saturated rings. The number of nitrogens with zero attached hydrogens (tertiary/aromatic N) is 2. The molecular weight excluding hydrogens is 463 g/mol. The van der Waals surface area contributed by atoms with Crippen LogP contribution in [0.15, 0.2) is 9.59 Å². The van der Waals surface area contributed by atoms with Crippen LogP contribution in [-0.4, -0.2) is 47.1 Å². The summed E-state index contributed by atoms with van der Waals surface area (Å²) in [5, 5.41) is 3.19. The molecule has 1 aliphatic carbocycles. The Bertz CT molecular complexity index is 1160. The highest BCUT2D eigenvalue weighted by Crippen LogP contribution is 2.52. The van der Waals surface area contributed by atoms with Crippen LogP contribution in [0.5, 0.6) is 0 Å². The summed E-state index contributed by atoms with van der Waals surface area (Å²) in [4.78, 5) is 39.2. The number of esters is 1. The maximum Gasteiger partial charge on any atom is 0.393 e. The molecule has 2 aromatic heterocycles. The lowest BCUT2D eigenvalue weighted by atomic mass is 10.2. The van der Waals surface area contributed by atoms with Crippen molar-refractivity contribution >= 4 is 27.5 Å². The van der Waals surface area contributed by atoms with Crippen LogP contribution in [0.2, 0.25) is 0 Å². The fourth-order valence-electron chi connectivity index (χ4n) is 3.73. The Kier molecular flexibility index (Phi) is 7.11. The average Bonchev–Trinajstić information content (AvgIpc) is 3.39. The number of hydrogen-bond donors (Lipinski definition) is 1. The number of halogens is 3. The second-order valence-electron chi connectivity index (χ2n) is 9.07. The smallest absolute Gasteiger partial charge is 0.393 e. The van der Waals surface area contributed by atoms with Crippen molar-refractivity contribution in [3.8, 4) is 0 Å². The van der Waals surface area contributed by atoms with Crippen molar-refractivity contribution in [1.29, 1.82) is 0 Å². The summed E-state index contributed by atoms with van der Waals surface area (Å²) < 4.78 is 51.8. The van der Waals surface area contributed by atoms with E-state index in [-0.39, 0.29) is 38.0 Å². The van der Waals surface area contributed by atoms with Crippen LogP contribution < -0.4 is 16.6 Å². The van der Waals surface area contributed by atoms with Gasteiger partial charge >= 0.3 is 17.8 Å². The summed E-state index contributed by atoms with van der Waals surface area (Å²) in [6.45, 7) is 7.40. The number of thiophene rings is 1. The van der Waals surface area contributed by atoms with E-state index in [1.165, 1.54) is 23.0 Å². The van der Waals surface area contributed by atoms with Gasteiger partial charge in [0.1, 0.15) is 10.4 Å². The molecule has 0 spiro atoms. The van der Waals surface area contributed by atoms with Crippen molar-refractivity contribution in [2.75, 3.05) is 20.3 Å². The first-order valence-corrected chi connectivity index (χ1v) is 11.3. The van der Waals surface area contributed by atoms with Gasteiger partial charge in [0.2, 0.25) is 0 Å². The molecule has 3 rings (SSSR count). The van der Waals surface area contributed by atoms with Crippen LogP contribution in [0.3, 0.4) is 0 Å². The van der Waals surface area contributed by atoms with Crippen molar-refractivity contribution in [1.82, 2.24) is 14.5 Å². The molecule has 0 aromatic carbocycles. The molecule has 0 radical (unpaired) electrons. The van der Waals surface area contributed by atoms with E-state index in [1.54, 1.807) is 27.7 Å². The Balaban J connectivity index is 1.97. The van der Waals surface area contributed by atoms with Crippen molar-refractivity contribution in [3.05, 3.63) is 31.3 Å². The Morgan fingerprint density at radius 1 is 1.24 bits per heavy atom. The maximum atomic E-state index is 13.2. The molecule has 1 aliphatic rings. The third-order valence-corrected chi connectivity index (χ3v) is 6.66. The number of aromatic nitrogens is 2. The van der Waals surface area contributed by atoms with Gasteiger partial charge in [-0.15, -0.1) is 11.3 Å². The largest absolute Gasteiger partial charge is 0.459 e. The molecule has 1 N–H and O–H groups in total. The maximum absolute atomic E-state index is 13.2. The van der Waals surface area contributed by atoms with Gasteiger partial charge < -0.3 is 14.8 Å². The molecule has 184 valence electrons. The zero-order valence-corrected chi connectivity index (χ0v) is 20.0. The Labute approximate surface area is 192 Å². The summed E-state index contributed by atoms with van der Waals surface area (Å²) >= 11 is 1.20. The molecule has 2 aromatic rings. The lowest BCUT2D eigenvalue weighted by Crippen LogP contribution is -2.40. The van der Waals surface area contributed by atoms with Crippen LogP contribution in [-0.2, 0) is 27.4 Å². The first kappa shape index (κ1) is 25.4. The average molecular weight is 492 g/mol. The molecule has 0 saturated heterocycles. The summed E-state index contributed by atoms with van der Waals surface area (Å²) in [7, 11) is 1.45. The number of aryl methyl sites for hydroxylation is 1. The lowest BCUT2D eigenvalue weighted by molar-refractivity contribution is -0.153. The third kappa shape index (κ3) is 5.49. The molecule has 33 heavy (non-hydrogen) atoms. The predicted octanol–water partition coefficient (Wildman–Crippen LogP) is 2.73. The van der Waals surface area contributed by atoms with Crippen LogP contribution in [0, 0.1) is 12.8 Å². The number of hydrogen-bond acceptors (Lipinski definition) is 7. The first-order chi connectivity index (χ1) is 15.3. The number of ether oxygens (including phenoxy) is 2. The Hall–Kier alpha value is -2.18. The zero-order valence-electron chi connectivity index (χ0n) is 19.2. The molecule has 0 aliphatic heterocycles. The molecule has 0 bridgehead atoms. The molecule has 1 saturated carbocycles. The fourth-order valence-corrected chi connectivity index (χ4v) is 5.01. The minimum absolute atomic E-state index is 0.0546. The number of carbonyl (C=O) groups is 1. The molecule has 0 amide bonds. The highest BCUT2D eigenvalue weighted by Gasteiger charge is 2.57. The van der Waals surface area contributed by atoms with E-state index in [9.17, 15) is 27.6 Å². The molecule has 2 atom stereocenters. The van der Waals surface area contributed by atoms with Gasteiger partial charge in [-0.1, -0.05) is 0 Å². The first-order valence-electron chi connectivity index (χ1n) is 10.5. The van der Waals surface area contributed by atoms with E-state index in [0.717, 1.165) is 4.57 Å². The van der Waals surface area contributed by atoms with Gasteiger partial charge in [0, 0.05) is 18.5 Å². The summed E-state index contributed by atoms with van der Waals surface area (Å²) in [6.07, 6.45) is -4.76. The number of rotatable bonds is 8. The second-order valence-corrected chi connectivity index (χ2v) is 10.2. The highest BCUT2D eigenvalue weighted by atomic mass is 32.1. The van der Waals surface area contributed by atoms with Crippen LogP contribution in [0.1, 0.15) is 43.7 Å². The number of fused-ring (bicyclic) bond motifs is 1. The summed E-state index contributed by atoms with van der Waals surface area (Å²) in [5.41, 5.74) is -1.53. The van der Waals surface area contributed by atoms with E-state index in [0.29, 0.717) is 15.3 Å². The van der Waals surface area contributed by atoms with E-state index in [4.69, 9.17) is 9.47 Å². The van der Waals surface area contributed by atoms with Gasteiger partial charge in [0.05, 0.1) is 37.0 Å². The van der Waals surface area contributed by atoms with E-state index < -0.39 is 41.0 Å². The van der Waals surface area contributed by atoms with Gasteiger partial charge in [-0.05, 0) is 39.7 Å². The number of methoxy groups -OCH3 is 1. The van der Waals surface area contributed by atoms with Crippen LogP contribution in [0.25, 0.3) is 10.2 Å². The van der Waals surface area contributed by atoms with Gasteiger partial charge in [0.15, 0.2) is 0 Å². The molecule has 12 heteroatoms. The Morgan fingerprint density at radius 3 is 2.45 bits per heavy atom. The quantitative estimate of drug-likeness (QED) is 0.571. The Morgan fingerprint density at radius 2 is 1.91 bits per heavy atom. The van der Waals surface area contributed by atoms with Gasteiger partial charge in [-0.3, -0.25) is 18.7 Å². The minimum Gasteiger partial charge on any atom is -0.459 e. The number of carbonyl (C=O) groups excluding carboxylic acids is 1. The monoisotopic (exact) mass is 491 g/mol. The molecule has 8 nitrogen and oxygen atoms in total. The number of alkyl halides is 3. The third-order valence-electron chi connectivity index (χ3n) is 5.34. The van der Waals surface area contributed by atoms with Crippen molar-refractivity contribution in [3.63, 3.8) is 0 Å². The van der Waals surface area contributed by atoms with Crippen LogP contribution >= 0.6 is 11.3 Å². The highest BCUT2D eigenvalue weighted by molar-refractivity contribution is 7.18. The molecule has 2 heterocycles. The van der Waals surface area contributed by atoms with E-state index in [1.807, 2.05) is 0 Å². The van der Waals surface area contributed by atoms with Gasteiger partial charge in [-0.25, -0.2) is 4.79 Å². The minimum atomic E-state index is -4.47. The second kappa shape index (κ2) is 9.22. The SMILES string of the molecule is COCCn1c(=O)n(C2CC2C(F)(F)F)c(=O)c2c(C)c(CNCC(=O)OC(C)(C)C)sc21. The van der Waals surface area contributed by atoms with Gasteiger partial charge in [0.25, 0.3) is 5.56 Å². The van der Waals surface area contributed by atoms with E-state index in [2.05, 4.69) is 5.32 Å². The van der Waals surface area contributed by atoms with Crippen molar-refractivity contribution in [2.45, 2.75) is 65.0 Å². The van der Waals surface area contributed by atoms with Crippen molar-refractivity contribution < 1.29 is 27.4 Å². The fraction of sp³-hybridized carbons (Fsp3) is 0.667. The molecule has 2 unspecified atom stereocenters. The molecular formula is C21H28F3N3O5S. The summed E-state index contributed by atoms with van der Waals surface area (Å²) in [5.74, 6) is -2.14.